The third kappa shape index (κ3) is 3.32. The standard InChI is InChI=1S/C8H14O4.K.H/c1-4-5(2)8(3,6(9)10)7(11)12;;/h5H,4H2,1-3H3,(H,9,10)(H,11,12);;. The van der Waals surface area contributed by atoms with E-state index < -0.39 is 17.4 Å². The van der Waals surface area contributed by atoms with Gasteiger partial charge in [-0.25, -0.2) is 0 Å². The molecule has 0 aliphatic carbocycles. The zero-order valence-corrected chi connectivity index (χ0v) is 7.50. The van der Waals surface area contributed by atoms with Crippen molar-refractivity contribution in [2.45, 2.75) is 27.2 Å². The van der Waals surface area contributed by atoms with Crippen LogP contribution in [0.15, 0.2) is 0 Å². The Morgan fingerprint density at radius 2 is 1.62 bits per heavy atom. The SMILES string of the molecule is CCC(C)C(C)(C(=O)O)C(=O)O.[KH]. The molecule has 0 aromatic rings. The first kappa shape index (κ1) is 16.0. The number of carbonyl (C=O) groups is 2. The predicted octanol–water partition coefficient (Wildman–Crippen LogP) is 0.559. The maximum absolute atomic E-state index is 10.7. The second-order valence-corrected chi connectivity index (χ2v) is 3.12. The molecular formula is C8H15KO4. The van der Waals surface area contributed by atoms with E-state index in [-0.39, 0.29) is 57.3 Å². The summed E-state index contributed by atoms with van der Waals surface area (Å²) in [6.07, 6.45) is 0.537. The summed E-state index contributed by atoms with van der Waals surface area (Å²) in [6, 6.07) is 0. The van der Waals surface area contributed by atoms with Crippen LogP contribution in [0.25, 0.3) is 0 Å². The van der Waals surface area contributed by atoms with Crippen LogP contribution < -0.4 is 0 Å². The Hall–Kier alpha value is 0.576. The fraction of sp³-hybridized carbons (Fsp3) is 0.750. The van der Waals surface area contributed by atoms with Crippen LogP contribution >= 0.6 is 0 Å². The Labute approximate surface area is 120 Å². The van der Waals surface area contributed by atoms with E-state index >= 15 is 0 Å². The van der Waals surface area contributed by atoms with E-state index in [0.29, 0.717) is 6.42 Å². The summed E-state index contributed by atoms with van der Waals surface area (Å²) < 4.78 is 0. The molecule has 0 amide bonds. The van der Waals surface area contributed by atoms with Crippen molar-refractivity contribution in [3.8, 4) is 0 Å². The van der Waals surface area contributed by atoms with E-state index in [2.05, 4.69) is 0 Å². The van der Waals surface area contributed by atoms with E-state index in [9.17, 15) is 9.59 Å². The van der Waals surface area contributed by atoms with Crippen molar-refractivity contribution in [1.29, 1.82) is 0 Å². The quantitative estimate of drug-likeness (QED) is 0.529. The van der Waals surface area contributed by atoms with Gasteiger partial charge in [0.15, 0.2) is 5.41 Å². The van der Waals surface area contributed by atoms with Gasteiger partial charge in [-0.05, 0) is 12.8 Å². The van der Waals surface area contributed by atoms with Gasteiger partial charge in [0.05, 0.1) is 0 Å². The monoisotopic (exact) mass is 214 g/mol. The maximum atomic E-state index is 10.7. The van der Waals surface area contributed by atoms with Crippen molar-refractivity contribution in [3.05, 3.63) is 0 Å². The number of hydrogen-bond acceptors (Lipinski definition) is 2. The first-order valence-electron chi connectivity index (χ1n) is 3.84. The van der Waals surface area contributed by atoms with Crippen LogP contribution in [0, 0.1) is 11.3 Å². The number of carboxylic acid groups (broad SMARTS) is 2. The van der Waals surface area contributed by atoms with Crippen molar-refractivity contribution in [2.75, 3.05) is 0 Å². The van der Waals surface area contributed by atoms with Gasteiger partial charge in [0.2, 0.25) is 0 Å². The molecular weight excluding hydrogens is 199 g/mol. The summed E-state index contributed by atoms with van der Waals surface area (Å²) >= 11 is 0. The number of carboxylic acids is 2. The fourth-order valence-corrected chi connectivity index (χ4v) is 0.921. The zero-order valence-electron chi connectivity index (χ0n) is 7.50. The number of hydrogen-bond donors (Lipinski definition) is 2. The first-order valence-corrected chi connectivity index (χ1v) is 3.84. The van der Waals surface area contributed by atoms with Gasteiger partial charge in [-0.3, -0.25) is 9.59 Å². The van der Waals surface area contributed by atoms with Crippen molar-refractivity contribution in [1.82, 2.24) is 0 Å². The fourth-order valence-electron chi connectivity index (χ4n) is 0.921. The van der Waals surface area contributed by atoms with Crippen molar-refractivity contribution in [2.24, 2.45) is 11.3 Å². The molecule has 5 heteroatoms. The molecule has 0 saturated heterocycles. The molecule has 0 bridgehead atoms. The van der Waals surface area contributed by atoms with Crippen LogP contribution in [0.1, 0.15) is 27.2 Å². The summed E-state index contributed by atoms with van der Waals surface area (Å²) in [6.45, 7) is 4.64. The van der Waals surface area contributed by atoms with Crippen LogP contribution in [0.3, 0.4) is 0 Å². The van der Waals surface area contributed by atoms with Gasteiger partial charge in [-0.15, -0.1) is 0 Å². The van der Waals surface area contributed by atoms with Gasteiger partial charge in [0.25, 0.3) is 0 Å². The van der Waals surface area contributed by atoms with E-state index in [1.807, 2.05) is 0 Å². The van der Waals surface area contributed by atoms with Crippen molar-refractivity contribution in [3.63, 3.8) is 0 Å². The molecule has 0 radical (unpaired) electrons. The van der Waals surface area contributed by atoms with Gasteiger partial charge in [-0.2, -0.15) is 0 Å². The summed E-state index contributed by atoms with van der Waals surface area (Å²) in [5.74, 6) is -2.92. The normalized spacial score (nSPS) is 12.8. The third-order valence-corrected chi connectivity index (χ3v) is 2.49. The van der Waals surface area contributed by atoms with E-state index in [1.54, 1.807) is 13.8 Å². The molecule has 0 aliphatic heterocycles. The topological polar surface area (TPSA) is 74.6 Å². The second-order valence-electron chi connectivity index (χ2n) is 3.12. The van der Waals surface area contributed by atoms with Gasteiger partial charge in [0.1, 0.15) is 0 Å². The van der Waals surface area contributed by atoms with E-state index in [1.165, 1.54) is 6.92 Å². The molecule has 0 spiro atoms. The van der Waals surface area contributed by atoms with Crippen LogP contribution in [0.5, 0.6) is 0 Å². The van der Waals surface area contributed by atoms with E-state index in [4.69, 9.17) is 10.2 Å². The average Bonchev–Trinajstić information content (AvgIpc) is 2.00. The van der Waals surface area contributed by atoms with Gasteiger partial charge in [0, 0.05) is 0 Å². The van der Waals surface area contributed by atoms with Gasteiger partial charge >= 0.3 is 63.3 Å². The Bertz CT molecular complexity index is 188. The van der Waals surface area contributed by atoms with Crippen LogP contribution in [-0.4, -0.2) is 73.5 Å². The second kappa shape index (κ2) is 6.13. The molecule has 13 heavy (non-hydrogen) atoms. The average molecular weight is 214 g/mol. The summed E-state index contributed by atoms with van der Waals surface area (Å²) in [7, 11) is 0. The molecule has 0 aromatic carbocycles. The minimum absolute atomic E-state index is 0. The van der Waals surface area contributed by atoms with Crippen LogP contribution in [0.4, 0.5) is 0 Å². The third-order valence-electron chi connectivity index (χ3n) is 2.49. The first-order chi connectivity index (χ1) is 5.37. The molecule has 72 valence electrons. The Balaban J connectivity index is 0. The molecule has 0 saturated carbocycles. The molecule has 0 fully saturated rings. The van der Waals surface area contributed by atoms with E-state index in [0.717, 1.165) is 0 Å². The molecule has 0 aliphatic rings. The molecule has 1 unspecified atom stereocenters. The summed E-state index contributed by atoms with van der Waals surface area (Å²) in [4.78, 5) is 21.4. The molecule has 2 N–H and O–H groups in total. The molecule has 0 rings (SSSR count). The minimum atomic E-state index is -1.66. The summed E-state index contributed by atoms with van der Waals surface area (Å²) in [5.41, 5.74) is -1.66. The molecule has 0 heterocycles. The zero-order chi connectivity index (χ0) is 9.94. The Morgan fingerprint density at radius 1 is 1.31 bits per heavy atom. The summed E-state index contributed by atoms with van der Waals surface area (Å²) in [5, 5.41) is 17.4. The molecule has 0 aromatic heterocycles. The molecule has 1 atom stereocenters. The molecule has 4 nitrogen and oxygen atoms in total. The van der Waals surface area contributed by atoms with Crippen molar-refractivity contribution >= 4 is 63.3 Å². The van der Waals surface area contributed by atoms with Crippen LogP contribution in [-0.2, 0) is 9.59 Å². The van der Waals surface area contributed by atoms with Gasteiger partial charge in [-0.1, -0.05) is 20.3 Å². The predicted molar refractivity (Wildman–Crippen MR) is 50.0 cm³/mol. The Kier molecular flexibility index (Phi) is 7.56. The van der Waals surface area contributed by atoms with Crippen molar-refractivity contribution < 1.29 is 19.8 Å². The van der Waals surface area contributed by atoms with Crippen LogP contribution in [0.2, 0.25) is 0 Å². The van der Waals surface area contributed by atoms with Gasteiger partial charge < -0.3 is 10.2 Å². The number of aliphatic carboxylic acids is 2. The Morgan fingerprint density at radius 3 is 1.69 bits per heavy atom. The number of rotatable bonds is 4.